The molecule has 3 aromatic carbocycles. The van der Waals surface area contributed by atoms with Gasteiger partial charge in [0, 0.05) is 16.8 Å². The number of nitrogens with one attached hydrogen (secondary N) is 1. The molecule has 0 spiro atoms. The van der Waals surface area contributed by atoms with Gasteiger partial charge in [0.25, 0.3) is 5.91 Å². The monoisotopic (exact) mass is 592 g/mol. The molecule has 1 aliphatic carbocycles. The van der Waals surface area contributed by atoms with Gasteiger partial charge in [-0.25, -0.2) is 0 Å². The fourth-order valence-corrected chi connectivity index (χ4v) is 5.57. The minimum atomic E-state index is 0. The second kappa shape index (κ2) is 11.7. The summed E-state index contributed by atoms with van der Waals surface area (Å²) in [4.78, 5) is 13.2. The maximum Gasteiger partial charge on any atom is 0.251 e. The lowest BCUT2D eigenvalue weighted by atomic mass is 9.97. The Balaban J connectivity index is 0.00000304. The number of amides is 1. The summed E-state index contributed by atoms with van der Waals surface area (Å²) in [7, 11) is 2.37. The number of anilines is 1. The summed E-state index contributed by atoms with van der Waals surface area (Å²) in [6.45, 7) is 5.71. The molecule has 1 amide bonds. The Hall–Kier alpha value is -2.44. The summed E-state index contributed by atoms with van der Waals surface area (Å²) < 4.78 is 1.13. The summed E-state index contributed by atoms with van der Waals surface area (Å²) in [5.41, 5.74) is 9.24. The third kappa shape index (κ3) is 6.46. The van der Waals surface area contributed by atoms with Gasteiger partial charge >= 0.3 is 0 Å². The second-order valence-corrected chi connectivity index (χ2v) is 10.7. The number of carbonyl (C=O) groups is 1. The molecule has 0 saturated carbocycles. The van der Waals surface area contributed by atoms with Gasteiger partial charge in [0.15, 0.2) is 0 Å². The van der Waals surface area contributed by atoms with Crippen LogP contribution in [0.4, 0.5) is 5.69 Å². The molecule has 188 valence electrons. The first kappa shape index (κ1) is 26.6. The molecule has 3 nitrogen and oxygen atoms in total. The van der Waals surface area contributed by atoms with Crippen molar-refractivity contribution in [2.75, 3.05) is 25.5 Å². The van der Waals surface area contributed by atoms with E-state index < -0.39 is 0 Å². The predicted molar refractivity (Wildman–Crippen MR) is 146 cm³/mol. The third-order valence-electron chi connectivity index (χ3n) is 7.72. The van der Waals surface area contributed by atoms with Crippen LogP contribution in [0.25, 0.3) is 17.2 Å². The molecule has 2 aliphatic rings. The quantitative estimate of drug-likeness (QED) is 0.350. The van der Waals surface area contributed by atoms with E-state index in [0.717, 1.165) is 41.6 Å². The lowest BCUT2D eigenvalue weighted by molar-refractivity contribution is -0.926. The molecule has 1 heterocycles. The van der Waals surface area contributed by atoms with Gasteiger partial charge in [-0.2, -0.15) is 0 Å². The van der Waals surface area contributed by atoms with Crippen LogP contribution in [0.1, 0.15) is 54.4 Å². The highest BCUT2D eigenvalue weighted by Gasteiger charge is 2.25. The van der Waals surface area contributed by atoms with Crippen molar-refractivity contribution in [3.8, 4) is 11.1 Å². The zero-order valence-electron chi connectivity index (χ0n) is 21.5. The van der Waals surface area contributed by atoms with Crippen LogP contribution in [-0.4, -0.2) is 30.5 Å². The maximum absolute atomic E-state index is 13.2. The molecule has 0 radical (unpaired) electrons. The van der Waals surface area contributed by atoms with E-state index in [4.69, 9.17) is 0 Å². The van der Waals surface area contributed by atoms with Crippen molar-refractivity contribution >= 4 is 17.7 Å². The molecule has 1 N–H and O–H groups in total. The Kier molecular flexibility index (Phi) is 8.68. The molecule has 1 aliphatic heterocycles. The van der Waals surface area contributed by atoms with Crippen LogP contribution in [-0.2, 0) is 17.8 Å². The zero-order valence-corrected chi connectivity index (χ0v) is 23.7. The number of quaternary nitrogens is 1. The Morgan fingerprint density at radius 2 is 1.53 bits per heavy atom. The first-order valence-electron chi connectivity index (χ1n) is 13.1. The molecule has 5 rings (SSSR count). The largest absolute Gasteiger partial charge is 1.00 e. The number of fused-ring (bicyclic) bond motifs is 1. The van der Waals surface area contributed by atoms with Crippen molar-refractivity contribution in [1.82, 2.24) is 0 Å². The van der Waals surface area contributed by atoms with Gasteiger partial charge in [-0.05, 0) is 92.0 Å². The van der Waals surface area contributed by atoms with E-state index in [2.05, 4.69) is 92.1 Å². The minimum Gasteiger partial charge on any atom is -1.00 e. The van der Waals surface area contributed by atoms with E-state index in [9.17, 15) is 4.79 Å². The van der Waals surface area contributed by atoms with E-state index in [1.807, 2.05) is 0 Å². The van der Waals surface area contributed by atoms with Crippen molar-refractivity contribution in [1.29, 1.82) is 0 Å². The van der Waals surface area contributed by atoms with Crippen molar-refractivity contribution < 1.29 is 33.3 Å². The third-order valence-corrected chi connectivity index (χ3v) is 7.72. The van der Waals surface area contributed by atoms with Gasteiger partial charge in [0.1, 0.15) is 6.54 Å². The molecule has 0 atom stereocenters. The maximum atomic E-state index is 13.2. The van der Waals surface area contributed by atoms with Crippen LogP contribution in [0.3, 0.4) is 0 Å². The number of piperidine rings is 1. The summed E-state index contributed by atoms with van der Waals surface area (Å²) >= 11 is 0. The van der Waals surface area contributed by atoms with E-state index in [1.165, 1.54) is 65.7 Å². The lowest BCUT2D eigenvalue weighted by Gasteiger charge is -2.37. The normalized spacial score (nSPS) is 16.7. The molecular formula is C32H37IN2O. The number of likely N-dealkylation sites (tertiary alicyclic amines) is 1. The highest BCUT2D eigenvalue weighted by molar-refractivity contribution is 6.07. The zero-order chi connectivity index (χ0) is 24.3. The number of nitrogens with zero attached hydrogens (tertiary/aromatic N) is 1. The van der Waals surface area contributed by atoms with Crippen LogP contribution >= 0.6 is 0 Å². The minimum absolute atomic E-state index is 0. The number of hydrogen-bond donors (Lipinski definition) is 1. The van der Waals surface area contributed by atoms with Crippen LogP contribution in [0, 0.1) is 6.92 Å². The standard InChI is InChI=1S/C32H36N2O.HI/c1-24-9-13-27(14-10-24)28-16-15-26-7-6-8-29(22-30(26)21-28)32(35)33-31-17-11-25(12-18-31)23-34(2)19-4-3-5-20-34;/h9-18,21-22H,3-8,19-20,23H2,1-2H3;1H. The number of rotatable bonds is 5. The molecule has 4 heteroatoms. The van der Waals surface area contributed by atoms with Crippen molar-refractivity contribution in [3.63, 3.8) is 0 Å². The first-order valence-corrected chi connectivity index (χ1v) is 13.1. The molecule has 0 unspecified atom stereocenters. The van der Waals surface area contributed by atoms with Crippen molar-refractivity contribution in [3.05, 3.63) is 94.6 Å². The van der Waals surface area contributed by atoms with Gasteiger partial charge in [0.05, 0.1) is 20.1 Å². The summed E-state index contributed by atoms with van der Waals surface area (Å²) in [5, 5.41) is 3.15. The van der Waals surface area contributed by atoms with Crippen molar-refractivity contribution in [2.45, 2.75) is 52.0 Å². The summed E-state index contributed by atoms with van der Waals surface area (Å²) in [6, 6.07) is 23.8. The fraction of sp³-hybridized carbons (Fsp3) is 0.344. The predicted octanol–water partition coefficient (Wildman–Crippen LogP) is 4.15. The van der Waals surface area contributed by atoms with Gasteiger partial charge in [-0.3, -0.25) is 4.79 Å². The molecule has 1 saturated heterocycles. The molecule has 0 bridgehead atoms. The highest BCUT2D eigenvalue weighted by Crippen LogP contribution is 2.29. The number of carbonyl (C=O) groups excluding carboxylic acids is 1. The molecule has 0 aromatic heterocycles. The van der Waals surface area contributed by atoms with Crippen LogP contribution in [0.5, 0.6) is 0 Å². The number of aryl methyl sites for hydroxylation is 2. The second-order valence-electron chi connectivity index (χ2n) is 10.7. The number of halogens is 1. The van der Waals surface area contributed by atoms with Gasteiger partial charge in [-0.15, -0.1) is 0 Å². The molecular weight excluding hydrogens is 555 g/mol. The SMILES string of the molecule is Cc1ccc(-c2ccc3c(c2)C=C(C(=O)Nc2ccc(C[N+]4(C)CCCCC4)cc2)CCC3)cc1.[I-]. The van der Waals surface area contributed by atoms with E-state index >= 15 is 0 Å². The molecule has 36 heavy (non-hydrogen) atoms. The first-order chi connectivity index (χ1) is 17.0. The smallest absolute Gasteiger partial charge is 0.251 e. The summed E-state index contributed by atoms with van der Waals surface area (Å²) in [6.07, 6.45) is 8.92. The van der Waals surface area contributed by atoms with Crippen LogP contribution in [0.15, 0.2) is 72.3 Å². The van der Waals surface area contributed by atoms with Crippen LogP contribution in [0.2, 0.25) is 0 Å². The van der Waals surface area contributed by atoms with Crippen molar-refractivity contribution in [2.24, 2.45) is 0 Å². The Bertz CT molecular complexity index is 1220. The Labute approximate surface area is 233 Å². The Morgan fingerprint density at radius 1 is 0.833 bits per heavy atom. The topological polar surface area (TPSA) is 29.1 Å². The number of hydrogen-bond acceptors (Lipinski definition) is 1. The van der Waals surface area contributed by atoms with E-state index in [-0.39, 0.29) is 29.9 Å². The van der Waals surface area contributed by atoms with Gasteiger partial charge in [-0.1, -0.05) is 54.1 Å². The van der Waals surface area contributed by atoms with Crippen LogP contribution < -0.4 is 29.3 Å². The molecule has 3 aromatic rings. The fourth-order valence-electron chi connectivity index (χ4n) is 5.57. The lowest BCUT2D eigenvalue weighted by Crippen LogP contribution is -3.00. The van der Waals surface area contributed by atoms with Gasteiger partial charge in [0.2, 0.25) is 0 Å². The average molecular weight is 593 g/mol. The Morgan fingerprint density at radius 3 is 2.25 bits per heavy atom. The highest BCUT2D eigenvalue weighted by atomic mass is 127. The number of benzene rings is 3. The molecule has 1 fully saturated rings. The average Bonchev–Trinajstić information content (AvgIpc) is 3.08. The van der Waals surface area contributed by atoms with E-state index in [1.54, 1.807) is 0 Å². The van der Waals surface area contributed by atoms with Gasteiger partial charge < -0.3 is 33.8 Å². The summed E-state index contributed by atoms with van der Waals surface area (Å²) in [5.74, 6) is 0.0152. The van der Waals surface area contributed by atoms with E-state index in [0.29, 0.717) is 0 Å².